The summed E-state index contributed by atoms with van der Waals surface area (Å²) in [6.45, 7) is 12.9. The van der Waals surface area contributed by atoms with Gasteiger partial charge in [0.05, 0.1) is 21.3 Å². The van der Waals surface area contributed by atoms with E-state index in [1.165, 1.54) is 162 Å². The molecular formula is C60H78O6Si. The summed E-state index contributed by atoms with van der Waals surface area (Å²) in [5.74, 6) is 0.230. The monoisotopic (exact) mass is 923 g/mol. The number of hydrogen-bond acceptors (Lipinski definition) is 6. The Morgan fingerprint density at radius 2 is 0.821 bits per heavy atom. The fraction of sp³-hybridized carbons (Fsp3) is 0.500. The Hall–Kier alpha value is -4.88. The normalized spacial score (nSPS) is 12.1. The van der Waals surface area contributed by atoms with Crippen LogP contribution in [0.4, 0.5) is 0 Å². The highest BCUT2D eigenvalue weighted by atomic mass is 28.3. The van der Waals surface area contributed by atoms with E-state index in [4.69, 9.17) is 18.9 Å². The van der Waals surface area contributed by atoms with E-state index in [0.29, 0.717) is 24.7 Å². The molecule has 0 aliphatic rings. The van der Waals surface area contributed by atoms with Gasteiger partial charge in [0.25, 0.3) is 0 Å². The third-order valence-electron chi connectivity index (χ3n) is 13.8. The molecular weight excluding hydrogens is 845 g/mol. The Morgan fingerprint density at radius 1 is 0.433 bits per heavy atom. The van der Waals surface area contributed by atoms with Gasteiger partial charge < -0.3 is 18.9 Å². The Balaban J connectivity index is 0.917. The number of esters is 2. The summed E-state index contributed by atoms with van der Waals surface area (Å²) in [4.78, 5) is 26.3. The highest BCUT2D eigenvalue weighted by molar-refractivity contribution is 6.89. The molecule has 0 N–H and O–H groups in total. The van der Waals surface area contributed by atoms with Crippen molar-refractivity contribution in [3.8, 4) is 11.5 Å². The zero-order valence-electron chi connectivity index (χ0n) is 41.6. The molecule has 6 nitrogen and oxygen atoms in total. The lowest BCUT2D eigenvalue weighted by atomic mass is 9.85. The van der Waals surface area contributed by atoms with Gasteiger partial charge in [-0.25, -0.2) is 0 Å². The Labute approximate surface area is 402 Å². The van der Waals surface area contributed by atoms with Gasteiger partial charge in [0.15, 0.2) is 0 Å². The first-order chi connectivity index (χ1) is 32.6. The van der Waals surface area contributed by atoms with E-state index in [1.807, 2.05) is 18.2 Å². The van der Waals surface area contributed by atoms with Crippen LogP contribution in [0.15, 0.2) is 78.9 Å². The largest absolute Gasteiger partial charge is 0.493 e. The van der Waals surface area contributed by atoms with Crippen molar-refractivity contribution in [1.82, 2.24) is 0 Å². The summed E-state index contributed by atoms with van der Waals surface area (Å²) in [6.07, 6.45) is 25.0. The number of carbonyl (C=O) groups excluding carboxylic acids is 2. The molecule has 0 saturated carbocycles. The van der Waals surface area contributed by atoms with Crippen molar-refractivity contribution in [2.24, 2.45) is 0 Å². The second-order valence-electron chi connectivity index (χ2n) is 20.4. The van der Waals surface area contributed by atoms with Crippen LogP contribution in [0.5, 0.6) is 11.5 Å². The Kier molecular flexibility index (Phi) is 18.6. The van der Waals surface area contributed by atoms with Crippen molar-refractivity contribution in [2.45, 2.75) is 182 Å². The van der Waals surface area contributed by atoms with E-state index in [9.17, 15) is 9.59 Å². The van der Waals surface area contributed by atoms with Gasteiger partial charge in [-0.15, -0.1) is 0 Å². The van der Waals surface area contributed by atoms with Crippen molar-refractivity contribution >= 4 is 79.1 Å². The predicted octanol–water partition coefficient (Wildman–Crippen LogP) is 16.6. The molecule has 0 fully saturated rings. The average Bonchev–Trinajstić information content (AvgIpc) is 3.31. The number of ether oxygens (including phenoxy) is 4. The van der Waals surface area contributed by atoms with Crippen LogP contribution in [0.1, 0.15) is 160 Å². The van der Waals surface area contributed by atoms with Gasteiger partial charge in [-0.2, -0.15) is 0 Å². The number of hydrogen-bond donors (Lipinski definition) is 0. The van der Waals surface area contributed by atoms with Crippen LogP contribution in [0.2, 0.25) is 19.6 Å². The highest BCUT2D eigenvalue weighted by Crippen LogP contribution is 2.45. The summed E-state index contributed by atoms with van der Waals surface area (Å²) in [6, 6.07) is 28.2. The molecule has 0 spiro atoms. The third-order valence-corrected chi connectivity index (χ3v) is 15.9. The lowest BCUT2D eigenvalue weighted by molar-refractivity contribution is -0.156. The van der Waals surface area contributed by atoms with Crippen LogP contribution in [0.25, 0.3) is 53.9 Å². The van der Waals surface area contributed by atoms with E-state index >= 15 is 0 Å². The maximum atomic E-state index is 13.2. The maximum absolute atomic E-state index is 13.2. The van der Waals surface area contributed by atoms with Crippen molar-refractivity contribution < 1.29 is 28.5 Å². The number of rotatable bonds is 31. The molecule has 0 saturated heterocycles. The van der Waals surface area contributed by atoms with Crippen LogP contribution >= 0.6 is 0 Å². The summed E-state index contributed by atoms with van der Waals surface area (Å²) >= 11 is 0. The van der Waals surface area contributed by atoms with Crippen molar-refractivity contribution in [3.63, 3.8) is 0 Å². The molecule has 0 atom stereocenters. The molecule has 7 heteroatoms. The molecule has 7 aromatic rings. The fourth-order valence-electron chi connectivity index (χ4n) is 9.94. The molecule has 0 bridgehead atoms. The molecule has 7 aromatic carbocycles. The van der Waals surface area contributed by atoms with Crippen LogP contribution in [0.3, 0.4) is 0 Å². The first kappa shape index (κ1) is 50.0. The highest BCUT2D eigenvalue weighted by Gasteiger charge is 2.25. The predicted molar refractivity (Wildman–Crippen MR) is 285 cm³/mol. The van der Waals surface area contributed by atoms with Crippen LogP contribution < -0.4 is 14.7 Å². The third kappa shape index (κ3) is 13.9. The summed E-state index contributed by atoms with van der Waals surface area (Å²) in [5, 5.41) is 14.0. The number of fused-ring (bicyclic) bond motifs is 9. The smallest absolute Gasteiger partial charge is 0.317 e. The Morgan fingerprint density at radius 3 is 1.27 bits per heavy atom. The summed E-state index contributed by atoms with van der Waals surface area (Å²) in [7, 11) is -1.83. The fourth-order valence-corrected chi connectivity index (χ4v) is 11.6. The van der Waals surface area contributed by atoms with Crippen molar-refractivity contribution in [2.75, 3.05) is 13.2 Å². The summed E-state index contributed by atoms with van der Waals surface area (Å²) in [5.41, 5.74) is 1.79. The van der Waals surface area contributed by atoms with Gasteiger partial charge in [0.1, 0.15) is 31.1 Å². The number of unbranched alkanes of at least 4 members (excludes halogenated alkanes) is 18. The van der Waals surface area contributed by atoms with Gasteiger partial charge in [0, 0.05) is 6.07 Å². The molecule has 67 heavy (non-hydrogen) atoms. The second-order valence-corrected chi connectivity index (χ2v) is 25.4. The minimum Gasteiger partial charge on any atom is -0.493 e. The second kappa shape index (κ2) is 24.9. The minimum absolute atomic E-state index is 0.0184. The van der Waals surface area contributed by atoms with Crippen molar-refractivity contribution in [1.29, 1.82) is 0 Å². The summed E-state index contributed by atoms with van der Waals surface area (Å²) < 4.78 is 24.0. The SMILES string of the molecule is CCCCCCCCCCCCOc1cc(COC(=O)CC(=O)OCc2cc3c(cc2[Si](C)(C)C)c2cc4c5cc6ccccc6cc5c4cc32)cc(OCCCCCCCCCCCC)c1. The minimum atomic E-state index is -1.83. The number of carbonyl (C=O) groups is 2. The molecule has 0 heterocycles. The van der Waals surface area contributed by atoms with Gasteiger partial charge in [-0.1, -0.05) is 185 Å². The Bertz CT molecular complexity index is 2600. The van der Waals surface area contributed by atoms with Crippen LogP contribution in [-0.4, -0.2) is 33.2 Å². The molecule has 0 unspecified atom stereocenters. The lowest BCUT2D eigenvalue weighted by Gasteiger charge is -2.25. The van der Waals surface area contributed by atoms with E-state index in [-0.39, 0.29) is 13.2 Å². The molecule has 0 aliphatic carbocycles. The standard InChI is InChI=1S/C60H78O6Si/c1-6-8-10-12-14-16-18-20-22-26-30-63-48-32-44(33-49(37-48)64-31-27-23-21-19-17-15-13-11-9-7-2)42-65-59(61)41-60(62)66-43-47-36-52-55-38-53-50-34-45-28-24-25-29-46(45)35-51(50)54(53)39-56(55)57(52)40-58(47)67(3,4)5/h24-25,28-29,32-40H,6-23,26-27,30-31,41-43H2,1-5H3. The molecule has 0 aromatic heterocycles. The van der Waals surface area contributed by atoms with E-state index in [2.05, 4.69) is 94.2 Å². The van der Waals surface area contributed by atoms with Crippen LogP contribution in [0, 0.1) is 0 Å². The first-order valence-corrected chi connectivity index (χ1v) is 29.7. The molecule has 7 rings (SSSR count). The number of benzene rings is 5. The average molecular weight is 923 g/mol. The zero-order chi connectivity index (χ0) is 47.0. The van der Waals surface area contributed by atoms with Gasteiger partial charge in [-0.3, -0.25) is 9.59 Å². The van der Waals surface area contributed by atoms with E-state index < -0.39 is 26.4 Å². The molecule has 0 amide bonds. The topological polar surface area (TPSA) is 71.1 Å². The first-order valence-electron chi connectivity index (χ1n) is 26.2. The van der Waals surface area contributed by atoms with Gasteiger partial charge in [0.2, 0.25) is 0 Å². The van der Waals surface area contributed by atoms with Crippen LogP contribution in [-0.2, 0) is 32.3 Å². The van der Waals surface area contributed by atoms with Gasteiger partial charge in [-0.05, 0) is 120 Å². The maximum Gasteiger partial charge on any atom is 0.317 e. The molecule has 0 radical (unpaired) electrons. The van der Waals surface area contributed by atoms with Gasteiger partial charge >= 0.3 is 11.9 Å². The zero-order valence-corrected chi connectivity index (χ0v) is 42.6. The quantitative estimate of drug-likeness (QED) is 0.0187. The van der Waals surface area contributed by atoms with E-state index in [0.717, 1.165) is 36.8 Å². The molecule has 0 aliphatic heterocycles. The lowest BCUT2D eigenvalue weighted by Crippen LogP contribution is -2.40. The van der Waals surface area contributed by atoms with Crippen molar-refractivity contribution in [3.05, 3.63) is 90.0 Å². The van der Waals surface area contributed by atoms with E-state index in [1.54, 1.807) is 0 Å². The molecule has 358 valence electrons.